The predicted molar refractivity (Wildman–Crippen MR) is 103 cm³/mol. The lowest BCUT2D eigenvalue weighted by Crippen LogP contribution is -2.33. The molecule has 2 aromatic rings. The second-order valence-corrected chi connectivity index (χ2v) is 6.91. The Bertz CT molecular complexity index is 994. The van der Waals surface area contributed by atoms with Gasteiger partial charge in [-0.2, -0.15) is 0 Å². The monoisotopic (exact) mass is 380 g/mol. The maximum absolute atomic E-state index is 13.2. The van der Waals surface area contributed by atoms with Crippen LogP contribution in [0.15, 0.2) is 41.6 Å². The van der Waals surface area contributed by atoms with E-state index in [-0.39, 0.29) is 5.91 Å². The molecular weight excluding hydrogens is 360 g/mol. The van der Waals surface area contributed by atoms with E-state index in [1.54, 1.807) is 25.3 Å². The second kappa shape index (κ2) is 6.67. The minimum atomic E-state index is -0.948. The number of amides is 2. The van der Waals surface area contributed by atoms with Crippen LogP contribution < -0.4 is 14.4 Å². The summed E-state index contributed by atoms with van der Waals surface area (Å²) in [5.41, 5.74) is 3.56. The molecule has 0 spiro atoms. The third kappa shape index (κ3) is 2.70. The van der Waals surface area contributed by atoms with Crippen molar-refractivity contribution in [2.75, 3.05) is 19.1 Å². The molecule has 7 heteroatoms. The summed E-state index contributed by atoms with van der Waals surface area (Å²) in [6.45, 7) is 3.85. The molecule has 2 aliphatic rings. The van der Waals surface area contributed by atoms with Gasteiger partial charge in [0.15, 0.2) is 11.5 Å². The highest BCUT2D eigenvalue weighted by molar-refractivity contribution is 6.32. The van der Waals surface area contributed by atoms with Crippen molar-refractivity contribution in [1.29, 1.82) is 0 Å². The van der Waals surface area contributed by atoms with Crippen molar-refractivity contribution in [1.82, 2.24) is 0 Å². The molecule has 0 bridgehead atoms. The first-order chi connectivity index (χ1) is 13.4. The van der Waals surface area contributed by atoms with Gasteiger partial charge >= 0.3 is 0 Å². The number of oxime groups is 1. The topological polar surface area (TPSA) is 77.4 Å². The number of hydrogen-bond acceptors (Lipinski definition) is 6. The number of imide groups is 1. The molecule has 2 heterocycles. The number of rotatable bonds is 4. The average molecular weight is 380 g/mol. The molecule has 0 aliphatic carbocycles. The quantitative estimate of drug-likeness (QED) is 0.762. The van der Waals surface area contributed by atoms with Crippen molar-refractivity contribution in [2.24, 2.45) is 11.1 Å². The molecule has 2 aromatic carbocycles. The molecule has 0 saturated carbocycles. The molecule has 0 radical (unpaired) electrons. The summed E-state index contributed by atoms with van der Waals surface area (Å²) in [5, 5.41) is 4.04. The van der Waals surface area contributed by atoms with Crippen molar-refractivity contribution in [2.45, 2.75) is 20.0 Å². The fraction of sp³-hybridized carbons (Fsp3) is 0.286. The van der Waals surface area contributed by atoms with Gasteiger partial charge in [0.05, 0.1) is 19.9 Å². The van der Waals surface area contributed by atoms with Gasteiger partial charge in [-0.15, -0.1) is 0 Å². The smallest absolute Gasteiger partial charge is 0.278 e. The number of hydrogen-bond donors (Lipinski definition) is 0. The largest absolute Gasteiger partial charge is 0.493 e. The Balaban J connectivity index is 1.71. The molecule has 1 fully saturated rings. The molecular formula is C21H20N2O5. The first kappa shape index (κ1) is 18.0. The number of anilines is 1. The summed E-state index contributed by atoms with van der Waals surface area (Å²) in [4.78, 5) is 32.6. The van der Waals surface area contributed by atoms with Gasteiger partial charge in [-0.25, -0.2) is 4.90 Å². The summed E-state index contributed by atoms with van der Waals surface area (Å²) >= 11 is 0. The van der Waals surface area contributed by atoms with Crippen LogP contribution in [0.25, 0.3) is 0 Å². The van der Waals surface area contributed by atoms with E-state index in [4.69, 9.17) is 14.3 Å². The lowest BCUT2D eigenvalue weighted by molar-refractivity contribution is -0.126. The van der Waals surface area contributed by atoms with Crippen molar-refractivity contribution in [3.05, 3.63) is 53.1 Å². The fourth-order valence-electron chi connectivity index (χ4n) is 3.75. The number of methoxy groups -OCH3 is 2. The van der Waals surface area contributed by atoms with Crippen molar-refractivity contribution >= 4 is 23.2 Å². The second-order valence-electron chi connectivity index (χ2n) is 6.91. The third-order valence-electron chi connectivity index (χ3n) is 4.96. The summed E-state index contributed by atoms with van der Waals surface area (Å²) in [5.74, 6) is -0.459. The maximum atomic E-state index is 13.2. The highest BCUT2D eigenvalue weighted by atomic mass is 16.7. The molecule has 4 rings (SSSR count). The lowest BCUT2D eigenvalue weighted by Gasteiger charge is -2.17. The van der Waals surface area contributed by atoms with E-state index in [1.165, 1.54) is 12.0 Å². The van der Waals surface area contributed by atoms with Crippen LogP contribution in [-0.4, -0.2) is 37.8 Å². The van der Waals surface area contributed by atoms with Crippen LogP contribution >= 0.6 is 0 Å². The molecule has 7 nitrogen and oxygen atoms in total. The van der Waals surface area contributed by atoms with Crippen LogP contribution in [-0.2, 0) is 14.4 Å². The van der Waals surface area contributed by atoms with Crippen molar-refractivity contribution in [3.8, 4) is 11.5 Å². The van der Waals surface area contributed by atoms with E-state index in [0.29, 0.717) is 28.5 Å². The van der Waals surface area contributed by atoms with Crippen LogP contribution in [0, 0.1) is 19.8 Å². The van der Waals surface area contributed by atoms with Gasteiger partial charge in [-0.1, -0.05) is 11.2 Å². The average Bonchev–Trinajstić information content (AvgIpc) is 3.20. The van der Waals surface area contributed by atoms with Crippen LogP contribution in [0.1, 0.15) is 16.7 Å². The molecule has 2 amide bonds. The van der Waals surface area contributed by atoms with E-state index in [0.717, 1.165) is 11.1 Å². The normalized spacial score (nSPS) is 20.7. The highest BCUT2D eigenvalue weighted by Gasteiger charge is 2.56. The number of ether oxygens (including phenoxy) is 2. The maximum Gasteiger partial charge on any atom is 0.278 e. The van der Waals surface area contributed by atoms with Gasteiger partial charge < -0.3 is 14.3 Å². The van der Waals surface area contributed by atoms with Gasteiger partial charge in [0.1, 0.15) is 11.6 Å². The molecule has 0 aromatic heterocycles. The number of nitrogens with zero attached hydrogens (tertiary/aromatic N) is 2. The van der Waals surface area contributed by atoms with Gasteiger partial charge in [-0.05, 0) is 55.3 Å². The van der Waals surface area contributed by atoms with E-state index >= 15 is 0 Å². The first-order valence-corrected chi connectivity index (χ1v) is 8.87. The van der Waals surface area contributed by atoms with E-state index < -0.39 is 17.9 Å². The standard InChI is InChI=1S/C21H20N2O5/c1-11-7-12(2)9-14(8-11)23-20(24)17-18(22-28-19(17)21(23)25)13-5-6-15(26-3)16(10-13)27-4/h5-10,17,19H,1-4H3/t17-,19+/m0/s1. The predicted octanol–water partition coefficient (Wildman–Crippen LogP) is 2.61. The zero-order chi connectivity index (χ0) is 20.0. The number of carbonyl (C=O) groups is 2. The third-order valence-corrected chi connectivity index (χ3v) is 4.96. The Morgan fingerprint density at radius 2 is 1.61 bits per heavy atom. The van der Waals surface area contributed by atoms with Gasteiger partial charge in [0.2, 0.25) is 12.0 Å². The summed E-state index contributed by atoms with van der Waals surface area (Å²) in [6, 6.07) is 10.8. The minimum Gasteiger partial charge on any atom is -0.493 e. The van der Waals surface area contributed by atoms with Crippen LogP contribution in [0.4, 0.5) is 5.69 Å². The van der Waals surface area contributed by atoms with Gasteiger partial charge in [-0.3, -0.25) is 9.59 Å². The minimum absolute atomic E-state index is 0.342. The molecule has 0 unspecified atom stereocenters. The van der Waals surface area contributed by atoms with Crippen LogP contribution in [0.3, 0.4) is 0 Å². The van der Waals surface area contributed by atoms with Crippen LogP contribution in [0.5, 0.6) is 11.5 Å². The van der Waals surface area contributed by atoms with Crippen molar-refractivity contribution < 1.29 is 23.9 Å². The Kier molecular flexibility index (Phi) is 4.30. The molecule has 2 aliphatic heterocycles. The number of aryl methyl sites for hydroxylation is 2. The summed E-state index contributed by atoms with van der Waals surface area (Å²) < 4.78 is 10.6. The molecule has 28 heavy (non-hydrogen) atoms. The number of fused-ring (bicyclic) bond motifs is 1. The SMILES string of the molecule is COc1ccc(C2=NO[C@H]3C(=O)N(c4cc(C)cc(C)c4)C(=O)[C@@H]23)cc1OC. The Hall–Kier alpha value is -3.35. The Morgan fingerprint density at radius 3 is 2.25 bits per heavy atom. The van der Waals surface area contributed by atoms with E-state index in [1.807, 2.05) is 32.0 Å². The van der Waals surface area contributed by atoms with Gasteiger partial charge in [0, 0.05) is 5.56 Å². The molecule has 1 saturated heterocycles. The zero-order valence-electron chi connectivity index (χ0n) is 16.1. The number of benzene rings is 2. The molecule has 0 N–H and O–H groups in total. The first-order valence-electron chi connectivity index (χ1n) is 8.87. The summed E-state index contributed by atoms with van der Waals surface area (Å²) in [7, 11) is 3.08. The highest BCUT2D eigenvalue weighted by Crippen LogP contribution is 2.37. The van der Waals surface area contributed by atoms with E-state index in [9.17, 15) is 9.59 Å². The van der Waals surface area contributed by atoms with Crippen molar-refractivity contribution in [3.63, 3.8) is 0 Å². The molecule has 144 valence electrons. The fourth-order valence-corrected chi connectivity index (χ4v) is 3.75. The number of carbonyl (C=O) groups excluding carboxylic acids is 2. The van der Waals surface area contributed by atoms with E-state index in [2.05, 4.69) is 5.16 Å². The lowest BCUT2D eigenvalue weighted by atomic mass is 9.94. The van der Waals surface area contributed by atoms with Crippen LogP contribution in [0.2, 0.25) is 0 Å². The Morgan fingerprint density at radius 1 is 0.929 bits per heavy atom. The summed E-state index contributed by atoms with van der Waals surface area (Å²) in [6.07, 6.45) is -0.948. The Labute approximate surface area is 162 Å². The molecule has 2 atom stereocenters. The van der Waals surface area contributed by atoms with Gasteiger partial charge in [0.25, 0.3) is 5.91 Å². The zero-order valence-corrected chi connectivity index (χ0v) is 16.1.